The average Bonchev–Trinajstić information content (AvgIpc) is 3.53. The maximum Gasteiger partial charge on any atom is 0.0629 e. The smallest absolute Gasteiger partial charge is 0.0629 e. The van der Waals surface area contributed by atoms with Crippen molar-refractivity contribution in [1.29, 1.82) is 0 Å². The summed E-state index contributed by atoms with van der Waals surface area (Å²) in [7, 11) is 0. The van der Waals surface area contributed by atoms with Crippen molar-refractivity contribution < 1.29 is 13.7 Å². The minimum absolute atomic E-state index is 0.109. The number of rotatable bonds is 6. The molecular formula is C42H30N2. The fourth-order valence-corrected chi connectivity index (χ4v) is 5.75. The highest BCUT2D eigenvalue weighted by Gasteiger charge is 2.17. The van der Waals surface area contributed by atoms with E-state index in [1.54, 1.807) is 24.3 Å². The maximum atomic E-state index is 8.50. The quantitative estimate of drug-likeness (QED) is 0.192. The van der Waals surface area contributed by atoms with Crippen LogP contribution in [0.25, 0.3) is 49.7 Å². The van der Waals surface area contributed by atoms with Crippen LogP contribution in [0.2, 0.25) is 0 Å². The Morgan fingerprint density at radius 1 is 0.409 bits per heavy atom. The highest BCUT2D eigenvalue weighted by Crippen LogP contribution is 2.40. The van der Waals surface area contributed by atoms with Crippen LogP contribution in [0.15, 0.2) is 182 Å². The Kier molecular flexibility index (Phi) is 4.36. The van der Waals surface area contributed by atoms with Crippen molar-refractivity contribution in [2.24, 2.45) is 0 Å². The number of fused-ring (bicyclic) bond motifs is 3. The lowest BCUT2D eigenvalue weighted by Gasteiger charge is -2.26. The van der Waals surface area contributed by atoms with Gasteiger partial charge in [0.1, 0.15) is 0 Å². The summed E-state index contributed by atoms with van der Waals surface area (Å²) in [4.78, 5) is 2.02. The van der Waals surface area contributed by atoms with Crippen LogP contribution in [0, 0.1) is 0 Å². The SMILES string of the molecule is [2H]c1c([2H])c([2H])c(-c2ccc(N(c3ccc(-c4c([2H])c([2H])c([2H])c([2H])c4[2H])cc3)c3ccc4c(c3)c3ccccc3n4-c3ccccc3)cc2)c([2H])c1[2H]. The molecule has 2 heteroatoms. The predicted octanol–water partition coefficient (Wildman–Crippen LogP) is 11.6. The number of aromatic nitrogens is 1. The molecule has 0 aliphatic rings. The fraction of sp³-hybridized carbons (Fsp3) is 0. The lowest BCUT2D eigenvalue weighted by Crippen LogP contribution is -2.10. The number of benzene rings is 7. The topological polar surface area (TPSA) is 8.17 Å². The highest BCUT2D eigenvalue weighted by atomic mass is 15.1. The monoisotopic (exact) mass is 572 g/mol. The van der Waals surface area contributed by atoms with Gasteiger partial charge >= 0.3 is 0 Å². The van der Waals surface area contributed by atoms with E-state index < -0.39 is 36.3 Å². The first-order chi connectivity index (χ1) is 26.0. The van der Waals surface area contributed by atoms with E-state index in [0.29, 0.717) is 22.5 Å². The number of nitrogens with zero attached hydrogens (tertiary/aromatic N) is 2. The first-order valence-corrected chi connectivity index (χ1v) is 14.2. The highest BCUT2D eigenvalue weighted by molar-refractivity contribution is 6.10. The van der Waals surface area contributed by atoms with Crippen molar-refractivity contribution in [3.8, 4) is 27.9 Å². The molecule has 0 saturated heterocycles. The molecule has 208 valence electrons. The zero-order valence-corrected chi connectivity index (χ0v) is 23.4. The molecule has 0 N–H and O–H groups in total. The molecule has 1 heterocycles. The van der Waals surface area contributed by atoms with Gasteiger partial charge in [-0.3, -0.25) is 0 Å². The van der Waals surface area contributed by atoms with E-state index in [1.165, 1.54) is 0 Å². The maximum absolute atomic E-state index is 8.50. The van der Waals surface area contributed by atoms with Crippen molar-refractivity contribution in [2.75, 3.05) is 4.90 Å². The van der Waals surface area contributed by atoms with Crippen LogP contribution in [0.5, 0.6) is 0 Å². The molecule has 0 saturated carbocycles. The van der Waals surface area contributed by atoms with Crippen LogP contribution in [0.1, 0.15) is 13.7 Å². The minimum Gasteiger partial charge on any atom is -0.310 e. The van der Waals surface area contributed by atoms with Gasteiger partial charge in [0.15, 0.2) is 0 Å². The van der Waals surface area contributed by atoms with Crippen molar-refractivity contribution >= 4 is 38.9 Å². The summed E-state index contributed by atoms with van der Waals surface area (Å²) in [5, 5.41) is 2.08. The van der Waals surface area contributed by atoms with Crippen LogP contribution in [-0.2, 0) is 0 Å². The first-order valence-electron chi connectivity index (χ1n) is 19.2. The molecule has 0 fully saturated rings. The molecule has 8 aromatic rings. The second-order valence-electron chi connectivity index (χ2n) is 10.3. The van der Waals surface area contributed by atoms with Gasteiger partial charge in [-0.15, -0.1) is 0 Å². The Hall–Kier alpha value is -5.86. The zero-order valence-electron chi connectivity index (χ0n) is 33.4. The van der Waals surface area contributed by atoms with E-state index in [1.807, 2.05) is 65.6 Å². The average molecular weight is 573 g/mol. The molecule has 7 aromatic carbocycles. The molecule has 0 spiro atoms. The van der Waals surface area contributed by atoms with E-state index >= 15 is 0 Å². The molecule has 0 radical (unpaired) electrons. The van der Waals surface area contributed by atoms with E-state index in [-0.39, 0.29) is 35.3 Å². The molecule has 44 heavy (non-hydrogen) atoms. The van der Waals surface area contributed by atoms with Crippen LogP contribution >= 0.6 is 0 Å². The first kappa shape index (κ1) is 17.3. The van der Waals surface area contributed by atoms with E-state index in [0.717, 1.165) is 33.2 Å². The molecule has 2 nitrogen and oxygen atoms in total. The summed E-state index contributed by atoms with van der Waals surface area (Å²) in [6.07, 6.45) is 0. The Balaban J connectivity index is 1.31. The van der Waals surface area contributed by atoms with Crippen LogP contribution in [-0.4, -0.2) is 4.57 Å². The third kappa shape index (κ3) is 4.63. The van der Waals surface area contributed by atoms with Gasteiger partial charge in [-0.2, -0.15) is 0 Å². The number of hydrogen-bond donors (Lipinski definition) is 0. The third-order valence-electron chi connectivity index (χ3n) is 7.76. The number of para-hydroxylation sites is 2. The Bertz CT molecular complexity index is 2590. The standard InChI is InChI=1S/C42H30N2/c1-4-12-31(13-5-1)33-20-24-36(25-21-33)43(37-26-22-34(23-27-37)32-14-6-2-7-15-32)38-28-29-42-40(30-38)39-18-10-11-19-41(39)44(42)35-16-8-3-9-17-35/h1-30H/i1D,2D,4D,5D,6D,7D,12D,13D,14D,15D. The van der Waals surface area contributed by atoms with E-state index in [9.17, 15) is 0 Å². The second-order valence-corrected chi connectivity index (χ2v) is 10.3. The van der Waals surface area contributed by atoms with Crippen molar-refractivity contribution in [2.45, 2.75) is 0 Å². The van der Waals surface area contributed by atoms with Crippen molar-refractivity contribution in [3.05, 3.63) is 182 Å². The lowest BCUT2D eigenvalue weighted by atomic mass is 10.0. The summed E-state index contributed by atoms with van der Waals surface area (Å²) in [5.74, 6) is 0. The van der Waals surface area contributed by atoms with Crippen molar-refractivity contribution in [3.63, 3.8) is 0 Å². The van der Waals surface area contributed by atoms with Gasteiger partial charge < -0.3 is 9.47 Å². The van der Waals surface area contributed by atoms with Gasteiger partial charge in [-0.05, 0) is 82.9 Å². The largest absolute Gasteiger partial charge is 0.310 e. The molecule has 0 aliphatic carbocycles. The molecule has 1 aromatic heterocycles. The van der Waals surface area contributed by atoms with Gasteiger partial charge in [0.2, 0.25) is 0 Å². The third-order valence-corrected chi connectivity index (χ3v) is 7.76. The lowest BCUT2D eigenvalue weighted by molar-refractivity contribution is 1.18. The van der Waals surface area contributed by atoms with Gasteiger partial charge in [0.05, 0.1) is 24.7 Å². The Morgan fingerprint density at radius 3 is 1.50 bits per heavy atom. The minimum atomic E-state index is -0.451. The molecule has 0 atom stereocenters. The predicted molar refractivity (Wildman–Crippen MR) is 186 cm³/mol. The fourth-order valence-electron chi connectivity index (χ4n) is 5.75. The molecule has 0 bridgehead atoms. The second kappa shape index (κ2) is 11.1. The molecule has 0 unspecified atom stereocenters. The van der Waals surface area contributed by atoms with E-state index in [4.69, 9.17) is 13.7 Å². The van der Waals surface area contributed by atoms with Gasteiger partial charge in [0.25, 0.3) is 0 Å². The normalized spacial score (nSPS) is 14.4. The van der Waals surface area contributed by atoms with Crippen LogP contribution in [0.4, 0.5) is 17.1 Å². The summed E-state index contributed by atoms with van der Waals surface area (Å²) < 4.78 is 84.9. The van der Waals surface area contributed by atoms with Crippen molar-refractivity contribution in [1.82, 2.24) is 4.57 Å². The summed E-state index contributed by atoms with van der Waals surface area (Å²) in [6, 6.07) is 35.2. The number of anilines is 3. The number of hydrogen-bond acceptors (Lipinski definition) is 1. The summed E-state index contributed by atoms with van der Waals surface area (Å²) in [6.45, 7) is 0. The Morgan fingerprint density at radius 2 is 0.909 bits per heavy atom. The molecule has 0 aliphatic heterocycles. The summed E-state index contributed by atoms with van der Waals surface area (Å²) in [5.41, 5.74) is 6.48. The van der Waals surface area contributed by atoms with Gasteiger partial charge in [-0.25, -0.2) is 0 Å². The van der Waals surface area contributed by atoms with E-state index in [2.05, 4.69) is 41.0 Å². The molecule has 0 amide bonds. The Labute approximate surface area is 271 Å². The zero-order chi connectivity index (χ0) is 38.0. The molecule has 8 rings (SSSR count). The molecular weight excluding hydrogens is 532 g/mol. The van der Waals surface area contributed by atoms with Crippen LogP contribution < -0.4 is 4.90 Å². The van der Waals surface area contributed by atoms with Gasteiger partial charge in [0, 0.05) is 33.5 Å². The summed E-state index contributed by atoms with van der Waals surface area (Å²) >= 11 is 0. The van der Waals surface area contributed by atoms with Crippen LogP contribution in [0.3, 0.4) is 0 Å². The van der Waals surface area contributed by atoms with Gasteiger partial charge in [-0.1, -0.05) is 121 Å².